The van der Waals surface area contributed by atoms with E-state index in [9.17, 15) is 22.8 Å². The molecule has 4 nitrogen and oxygen atoms in total. The maximum absolute atomic E-state index is 12.5. The summed E-state index contributed by atoms with van der Waals surface area (Å²) >= 11 is 5.71. The molecule has 0 saturated carbocycles. The SMILES string of the molecule is CCC(=O)NCC(=O)Nc1cc(C(F)(F)F)ccc1Cl. The fourth-order valence-electron chi connectivity index (χ4n) is 1.30. The van der Waals surface area contributed by atoms with E-state index in [1.165, 1.54) is 0 Å². The molecule has 8 heteroatoms. The van der Waals surface area contributed by atoms with Crippen LogP contribution in [0.3, 0.4) is 0 Å². The van der Waals surface area contributed by atoms with E-state index < -0.39 is 17.6 Å². The third-order valence-electron chi connectivity index (χ3n) is 2.34. The monoisotopic (exact) mass is 308 g/mol. The third kappa shape index (κ3) is 4.73. The molecule has 0 atom stereocenters. The molecule has 2 N–H and O–H groups in total. The highest BCUT2D eigenvalue weighted by Gasteiger charge is 2.31. The zero-order valence-electron chi connectivity index (χ0n) is 10.5. The Morgan fingerprint density at radius 3 is 2.45 bits per heavy atom. The van der Waals surface area contributed by atoms with E-state index in [4.69, 9.17) is 11.6 Å². The van der Waals surface area contributed by atoms with Gasteiger partial charge in [0.15, 0.2) is 0 Å². The van der Waals surface area contributed by atoms with Crippen molar-refractivity contribution in [1.82, 2.24) is 5.32 Å². The summed E-state index contributed by atoms with van der Waals surface area (Å²) in [6.45, 7) is 1.27. The van der Waals surface area contributed by atoms with Gasteiger partial charge < -0.3 is 10.6 Å². The average molecular weight is 309 g/mol. The number of nitrogens with one attached hydrogen (secondary N) is 2. The number of rotatable bonds is 4. The van der Waals surface area contributed by atoms with Gasteiger partial charge in [-0.3, -0.25) is 9.59 Å². The number of halogens is 4. The van der Waals surface area contributed by atoms with Gasteiger partial charge in [-0.1, -0.05) is 18.5 Å². The van der Waals surface area contributed by atoms with Crippen LogP contribution in [0.1, 0.15) is 18.9 Å². The number of alkyl halides is 3. The van der Waals surface area contributed by atoms with Gasteiger partial charge in [-0.2, -0.15) is 13.2 Å². The van der Waals surface area contributed by atoms with Gasteiger partial charge in [0.05, 0.1) is 22.8 Å². The number of carbonyl (C=O) groups excluding carboxylic acids is 2. The molecule has 0 bridgehead atoms. The van der Waals surface area contributed by atoms with Crippen molar-refractivity contribution in [3.63, 3.8) is 0 Å². The van der Waals surface area contributed by atoms with Gasteiger partial charge in [-0.05, 0) is 18.2 Å². The summed E-state index contributed by atoms with van der Waals surface area (Å²) in [4.78, 5) is 22.4. The number of amides is 2. The Morgan fingerprint density at radius 2 is 1.90 bits per heavy atom. The molecule has 0 aliphatic heterocycles. The molecule has 0 spiro atoms. The Labute approximate surface area is 118 Å². The molecule has 0 fully saturated rings. The molecule has 20 heavy (non-hydrogen) atoms. The van der Waals surface area contributed by atoms with Crippen LogP contribution in [0.4, 0.5) is 18.9 Å². The first-order valence-electron chi connectivity index (χ1n) is 5.67. The van der Waals surface area contributed by atoms with Crippen molar-refractivity contribution in [1.29, 1.82) is 0 Å². The van der Waals surface area contributed by atoms with Crippen molar-refractivity contribution in [3.05, 3.63) is 28.8 Å². The molecular formula is C12H12ClF3N2O2. The summed E-state index contributed by atoms with van der Waals surface area (Å²) < 4.78 is 37.6. The molecule has 0 saturated heterocycles. The van der Waals surface area contributed by atoms with Crippen molar-refractivity contribution >= 4 is 29.1 Å². The zero-order valence-corrected chi connectivity index (χ0v) is 11.2. The van der Waals surface area contributed by atoms with Crippen LogP contribution >= 0.6 is 11.6 Å². The number of hydrogen-bond donors (Lipinski definition) is 2. The Morgan fingerprint density at radius 1 is 1.25 bits per heavy atom. The third-order valence-corrected chi connectivity index (χ3v) is 2.66. The molecule has 0 radical (unpaired) electrons. The summed E-state index contributed by atoms with van der Waals surface area (Å²) in [7, 11) is 0. The second-order valence-corrected chi connectivity index (χ2v) is 4.28. The molecule has 0 aliphatic rings. The molecule has 0 unspecified atom stereocenters. The zero-order chi connectivity index (χ0) is 15.3. The molecule has 0 aromatic heterocycles. The van der Waals surface area contributed by atoms with Crippen molar-refractivity contribution < 1.29 is 22.8 Å². The number of anilines is 1. The van der Waals surface area contributed by atoms with Crippen LogP contribution in [0.25, 0.3) is 0 Å². The Bertz CT molecular complexity index is 518. The molecular weight excluding hydrogens is 297 g/mol. The lowest BCUT2D eigenvalue weighted by atomic mass is 10.2. The van der Waals surface area contributed by atoms with Gasteiger partial charge in [-0.25, -0.2) is 0 Å². The van der Waals surface area contributed by atoms with Crippen LogP contribution in [0.15, 0.2) is 18.2 Å². The Hall–Kier alpha value is -1.76. The maximum Gasteiger partial charge on any atom is 0.416 e. The van der Waals surface area contributed by atoms with Crippen LogP contribution in [0, 0.1) is 0 Å². The van der Waals surface area contributed by atoms with E-state index in [1.807, 2.05) is 0 Å². The fraction of sp³-hybridized carbons (Fsp3) is 0.333. The van der Waals surface area contributed by atoms with Crippen LogP contribution in [0.2, 0.25) is 5.02 Å². The molecule has 0 heterocycles. The Kier molecular flexibility index (Phi) is 5.38. The Balaban J connectivity index is 2.76. The molecule has 0 aliphatic carbocycles. The number of hydrogen-bond acceptors (Lipinski definition) is 2. The van der Waals surface area contributed by atoms with Gasteiger partial charge >= 0.3 is 6.18 Å². The van der Waals surface area contributed by atoms with Crippen molar-refractivity contribution in [2.45, 2.75) is 19.5 Å². The normalized spacial score (nSPS) is 11.1. The number of benzene rings is 1. The standard InChI is InChI=1S/C12H12ClF3N2O2/c1-2-10(19)17-6-11(20)18-9-5-7(12(14,15)16)3-4-8(9)13/h3-5H,2,6H2,1H3,(H,17,19)(H,18,20). The molecule has 2 amide bonds. The van der Waals surface area contributed by atoms with E-state index in [1.54, 1.807) is 6.92 Å². The smallest absolute Gasteiger partial charge is 0.347 e. The summed E-state index contributed by atoms with van der Waals surface area (Å²) in [6, 6.07) is 2.60. The topological polar surface area (TPSA) is 58.2 Å². The maximum atomic E-state index is 12.5. The minimum atomic E-state index is -4.53. The summed E-state index contributed by atoms with van der Waals surface area (Å²) in [5.74, 6) is -0.997. The molecule has 110 valence electrons. The number of carbonyl (C=O) groups is 2. The van der Waals surface area contributed by atoms with E-state index in [-0.39, 0.29) is 29.6 Å². The minimum absolute atomic E-state index is 0.0202. The second kappa shape index (κ2) is 6.60. The van der Waals surface area contributed by atoms with Crippen molar-refractivity contribution in [2.75, 3.05) is 11.9 Å². The highest BCUT2D eigenvalue weighted by atomic mass is 35.5. The van der Waals surface area contributed by atoms with Gasteiger partial charge in [0.25, 0.3) is 0 Å². The van der Waals surface area contributed by atoms with Gasteiger partial charge in [-0.15, -0.1) is 0 Å². The highest BCUT2D eigenvalue weighted by Crippen LogP contribution is 2.33. The van der Waals surface area contributed by atoms with Crippen LogP contribution in [-0.2, 0) is 15.8 Å². The predicted molar refractivity (Wildman–Crippen MR) is 68.4 cm³/mol. The van der Waals surface area contributed by atoms with Gasteiger partial charge in [0.1, 0.15) is 0 Å². The van der Waals surface area contributed by atoms with Crippen LogP contribution in [-0.4, -0.2) is 18.4 Å². The first kappa shape index (κ1) is 16.3. The summed E-state index contributed by atoms with van der Waals surface area (Å²) in [5.41, 5.74) is -1.08. The second-order valence-electron chi connectivity index (χ2n) is 3.87. The van der Waals surface area contributed by atoms with Crippen molar-refractivity contribution in [2.24, 2.45) is 0 Å². The summed E-state index contributed by atoms with van der Waals surface area (Å²) in [6.07, 6.45) is -4.32. The lowest BCUT2D eigenvalue weighted by molar-refractivity contribution is -0.137. The molecule has 1 aromatic rings. The van der Waals surface area contributed by atoms with Crippen LogP contribution in [0.5, 0.6) is 0 Å². The van der Waals surface area contributed by atoms with Gasteiger partial charge in [0.2, 0.25) is 11.8 Å². The first-order valence-corrected chi connectivity index (χ1v) is 6.05. The van der Waals surface area contributed by atoms with E-state index in [0.29, 0.717) is 0 Å². The van der Waals surface area contributed by atoms with E-state index >= 15 is 0 Å². The molecule has 1 rings (SSSR count). The minimum Gasteiger partial charge on any atom is -0.347 e. The predicted octanol–water partition coefficient (Wildman–Crippen LogP) is 2.82. The largest absolute Gasteiger partial charge is 0.416 e. The van der Waals surface area contributed by atoms with Gasteiger partial charge in [0, 0.05) is 6.42 Å². The first-order chi connectivity index (χ1) is 9.24. The highest BCUT2D eigenvalue weighted by molar-refractivity contribution is 6.33. The average Bonchev–Trinajstić information content (AvgIpc) is 2.37. The van der Waals surface area contributed by atoms with E-state index in [0.717, 1.165) is 18.2 Å². The lowest BCUT2D eigenvalue weighted by Gasteiger charge is -2.11. The quantitative estimate of drug-likeness (QED) is 0.898. The molecule has 1 aromatic carbocycles. The van der Waals surface area contributed by atoms with Crippen molar-refractivity contribution in [3.8, 4) is 0 Å². The lowest BCUT2D eigenvalue weighted by Crippen LogP contribution is -2.32. The summed E-state index contributed by atoms with van der Waals surface area (Å²) in [5, 5.41) is 4.50. The van der Waals surface area contributed by atoms with E-state index in [2.05, 4.69) is 10.6 Å². The van der Waals surface area contributed by atoms with Crippen LogP contribution < -0.4 is 10.6 Å². The fourth-order valence-corrected chi connectivity index (χ4v) is 1.46.